The van der Waals surface area contributed by atoms with Gasteiger partial charge in [-0.3, -0.25) is 9.97 Å². The van der Waals surface area contributed by atoms with E-state index < -0.39 is 22.2 Å². The number of ether oxygens (including phenoxy) is 1. The number of hydrogen-bond acceptors (Lipinski definition) is 7. The van der Waals surface area contributed by atoms with Crippen molar-refractivity contribution in [3.05, 3.63) is 54.1 Å². The summed E-state index contributed by atoms with van der Waals surface area (Å²) in [5.74, 6) is 0.397. The van der Waals surface area contributed by atoms with Gasteiger partial charge in [-0.1, -0.05) is 11.0 Å². The largest absolute Gasteiger partial charge is 0.591 e. The SMILES string of the molecule is C=Cc1cnc(C(O)CC(=N[S+]([O-])C(C)(C)C)c2ccc(OC)cc2O)cn1. The van der Waals surface area contributed by atoms with E-state index in [-0.39, 0.29) is 12.2 Å². The van der Waals surface area contributed by atoms with Crippen molar-refractivity contribution < 1.29 is 19.5 Å². The molecule has 0 aliphatic heterocycles. The number of methoxy groups -OCH3 is 1. The number of aliphatic hydroxyl groups excluding tert-OH is 1. The predicted molar refractivity (Wildman–Crippen MR) is 111 cm³/mol. The molecule has 2 atom stereocenters. The van der Waals surface area contributed by atoms with Crippen LogP contribution in [-0.4, -0.2) is 42.3 Å². The van der Waals surface area contributed by atoms with Gasteiger partial charge in [0, 0.05) is 18.1 Å². The van der Waals surface area contributed by atoms with Crippen LogP contribution in [0.1, 0.15) is 50.2 Å². The maximum Gasteiger partial charge on any atom is 0.144 e. The molecule has 0 aliphatic rings. The quantitative estimate of drug-likeness (QED) is 0.542. The summed E-state index contributed by atoms with van der Waals surface area (Å²) >= 11 is -1.58. The van der Waals surface area contributed by atoms with E-state index in [1.165, 1.54) is 25.6 Å². The summed E-state index contributed by atoms with van der Waals surface area (Å²) in [6.07, 6.45) is 3.47. The first kappa shape index (κ1) is 21.9. The number of rotatable bonds is 7. The van der Waals surface area contributed by atoms with Gasteiger partial charge in [0.05, 0.1) is 30.9 Å². The molecule has 1 heterocycles. The van der Waals surface area contributed by atoms with Gasteiger partial charge >= 0.3 is 0 Å². The number of benzene rings is 1. The number of aromatic nitrogens is 2. The molecule has 0 fully saturated rings. The Morgan fingerprint density at radius 2 is 2.07 bits per heavy atom. The van der Waals surface area contributed by atoms with Gasteiger partial charge in [0.1, 0.15) is 39.4 Å². The molecule has 0 spiro atoms. The molecule has 1 aromatic heterocycles. The third-order valence-corrected chi connectivity index (χ3v) is 5.30. The molecule has 0 saturated carbocycles. The lowest BCUT2D eigenvalue weighted by molar-refractivity contribution is 0.181. The highest BCUT2D eigenvalue weighted by molar-refractivity contribution is 7.91. The molecule has 0 saturated heterocycles. The van der Waals surface area contributed by atoms with Gasteiger partial charge in [0.25, 0.3) is 0 Å². The van der Waals surface area contributed by atoms with E-state index in [9.17, 15) is 14.8 Å². The molecule has 28 heavy (non-hydrogen) atoms. The van der Waals surface area contributed by atoms with Crippen molar-refractivity contribution in [2.45, 2.75) is 38.0 Å². The zero-order valence-electron chi connectivity index (χ0n) is 16.4. The summed E-state index contributed by atoms with van der Waals surface area (Å²) in [6.45, 7) is 9.02. The Morgan fingerprint density at radius 1 is 1.36 bits per heavy atom. The lowest BCUT2D eigenvalue weighted by atomic mass is 10.0. The highest BCUT2D eigenvalue weighted by Crippen LogP contribution is 2.29. The third kappa shape index (κ3) is 5.54. The fourth-order valence-corrected chi connectivity index (χ4v) is 2.88. The first-order valence-corrected chi connectivity index (χ1v) is 9.75. The molecule has 0 radical (unpaired) electrons. The summed E-state index contributed by atoms with van der Waals surface area (Å²) in [6, 6.07) is 4.72. The fraction of sp³-hybridized carbons (Fsp3) is 0.350. The van der Waals surface area contributed by atoms with Gasteiger partial charge in [-0.25, -0.2) is 0 Å². The van der Waals surface area contributed by atoms with Gasteiger partial charge in [-0.05, 0) is 39.0 Å². The summed E-state index contributed by atoms with van der Waals surface area (Å²) in [7, 11) is 1.49. The fourth-order valence-electron chi connectivity index (χ4n) is 2.23. The van der Waals surface area contributed by atoms with Crippen molar-refractivity contribution in [1.29, 1.82) is 0 Å². The van der Waals surface area contributed by atoms with Gasteiger partial charge in [-0.2, -0.15) is 0 Å². The number of hydrogen-bond donors (Lipinski definition) is 2. The standard InChI is InChI=1S/C20H25N3O4S/c1-6-13-11-22-17(12-21-13)19(25)10-16(23-28(26)20(2,3)4)15-8-7-14(27-5)9-18(15)24/h6-9,11-12,19,24-25H,1,10H2,2-5H3. The average Bonchev–Trinajstić information content (AvgIpc) is 2.66. The Morgan fingerprint density at radius 3 is 2.57 bits per heavy atom. The normalized spacial score (nSPS) is 14.4. The minimum absolute atomic E-state index is 0.00379. The molecular formula is C20H25N3O4S. The Balaban J connectivity index is 2.40. The Bertz CT molecular complexity index is 848. The monoisotopic (exact) mass is 403 g/mol. The van der Waals surface area contributed by atoms with Gasteiger partial charge in [0.2, 0.25) is 0 Å². The molecule has 0 bridgehead atoms. The van der Waals surface area contributed by atoms with Crippen molar-refractivity contribution in [2.75, 3.05) is 7.11 Å². The highest BCUT2D eigenvalue weighted by atomic mass is 32.2. The maximum atomic E-state index is 12.6. The second-order valence-electron chi connectivity index (χ2n) is 7.07. The molecule has 2 unspecified atom stereocenters. The first-order chi connectivity index (χ1) is 13.2. The molecule has 2 rings (SSSR count). The summed E-state index contributed by atoms with van der Waals surface area (Å²) < 4.78 is 21.4. The lowest BCUT2D eigenvalue weighted by Gasteiger charge is -2.20. The smallest absolute Gasteiger partial charge is 0.144 e. The summed E-state index contributed by atoms with van der Waals surface area (Å²) in [5.41, 5.74) is 1.60. The minimum Gasteiger partial charge on any atom is -0.591 e. The van der Waals surface area contributed by atoms with Gasteiger partial charge in [-0.15, -0.1) is 0 Å². The van der Waals surface area contributed by atoms with Crippen molar-refractivity contribution >= 4 is 23.1 Å². The molecular weight excluding hydrogens is 378 g/mol. The Labute approximate surface area is 168 Å². The lowest BCUT2D eigenvalue weighted by Crippen LogP contribution is -2.27. The van der Waals surface area contributed by atoms with Crippen LogP contribution in [0.5, 0.6) is 11.5 Å². The van der Waals surface area contributed by atoms with Gasteiger partial charge < -0.3 is 19.5 Å². The minimum atomic E-state index is -1.58. The van der Waals surface area contributed by atoms with Crippen LogP contribution in [0.15, 0.2) is 41.6 Å². The molecule has 7 nitrogen and oxygen atoms in total. The molecule has 0 aliphatic carbocycles. The molecule has 1 aromatic carbocycles. The van der Waals surface area contributed by atoms with Crippen LogP contribution in [0.25, 0.3) is 6.08 Å². The molecule has 2 aromatic rings. The Kier molecular flexibility index (Phi) is 7.17. The number of aliphatic hydroxyl groups is 1. The maximum absolute atomic E-state index is 12.6. The number of phenolic OH excluding ortho intramolecular Hbond substituents is 1. The van der Waals surface area contributed by atoms with Crippen LogP contribution in [0.3, 0.4) is 0 Å². The number of aromatic hydroxyl groups is 1. The molecule has 0 amide bonds. The van der Waals surface area contributed by atoms with E-state index >= 15 is 0 Å². The zero-order chi connectivity index (χ0) is 20.9. The van der Waals surface area contributed by atoms with E-state index in [2.05, 4.69) is 20.9 Å². The highest BCUT2D eigenvalue weighted by Gasteiger charge is 2.29. The van der Waals surface area contributed by atoms with Crippen LogP contribution in [0.4, 0.5) is 0 Å². The predicted octanol–water partition coefficient (Wildman–Crippen LogP) is 3.21. The van der Waals surface area contributed by atoms with Crippen molar-refractivity contribution in [1.82, 2.24) is 9.97 Å². The van der Waals surface area contributed by atoms with E-state index in [0.717, 1.165) is 0 Å². The molecule has 8 heteroatoms. The summed E-state index contributed by atoms with van der Waals surface area (Å²) in [5, 5.41) is 21.0. The van der Waals surface area contributed by atoms with E-state index in [1.54, 1.807) is 39.0 Å². The van der Waals surface area contributed by atoms with E-state index in [1.807, 2.05) is 0 Å². The van der Waals surface area contributed by atoms with E-state index in [0.29, 0.717) is 28.4 Å². The van der Waals surface area contributed by atoms with Crippen LogP contribution in [0.2, 0.25) is 0 Å². The second-order valence-corrected chi connectivity index (χ2v) is 8.98. The second kappa shape index (κ2) is 9.18. The van der Waals surface area contributed by atoms with E-state index in [4.69, 9.17) is 4.74 Å². The van der Waals surface area contributed by atoms with Gasteiger partial charge in [0.15, 0.2) is 0 Å². The third-order valence-electron chi connectivity index (χ3n) is 3.86. The van der Waals surface area contributed by atoms with Crippen molar-refractivity contribution in [3.63, 3.8) is 0 Å². The topological polar surface area (TPSA) is 111 Å². The average molecular weight is 404 g/mol. The number of phenols is 1. The van der Waals surface area contributed by atoms with Crippen LogP contribution in [0, 0.1) is 0 Å². The zero-order valence-corrected chi connectivity index (χ0v) is 17.2. The number of nitrogens with zero attached hydrogens (tertiary/aromatic N) is 3. The van der Waals surface area contributed by atoms with Crippen LogP contribution >= 0.6 is 0 Å². The van der Waals surface area contributed by atoms with Crippen molar-refractivity contribution in [2.24, 2.45) is 4.40 Å². The van der Waals surface area contributed by atoms with Crippen molar-refractivity contribution in [3.8, 4) is 11.5 Å². The Hall–Kier alpha value is -2.42. The molecule has 150 valence electrons. The van der Waals surface area contributed by atoms with Crippen LogP contribution in [-0.2, 0) is 11.4 Å². The molecule has 2 N–H and O–H groups in total. The summed E-state index contributed by atoms with van der Waals surface area (Å²) in [4.78, 5) is 8.31. The van der Waals surface area contributed by atoms with Crippen LogP contribution < -0.4 is 4.74 Å². The first-order valence-electron chi connectivity index (χ1n) is 8.65.